The molecule has 0 spiro atoms. The minimum atomic E-state index is -0.561. The maximum absolute atomic E-state index is 12.0. The van der Waals surface area contributed by atoms with E-state index >= 15 is 0 Å². The first-order chi connectivity index (χ1) is 9.57. The van der Waals surface area contributed by atoms with Crippen molar-refractivity contribution in [2.75, 3.05) is 26.7 Å². The second-order valence-corrected chi connectivity index (χ2v) is 6.05. The predicted octanol–water partition coefficient (Wildman–Crippen LogP) is 2.57. The summed E-state index contributed by atoms with van der Waals surface area (Å²) < 4.78 is 4.97. The molecule has 1 heterocycles. The van der Waals surface area contributed by atoms with Crippen molar-refractivity contribution >= 4 is 5.97 Å². The minimum Gasteiger partial charge on any atom is -0.468 e. The number of hydrogen-bond acceptors (Lipinski definition) is 4. The molecular formula is C16H32N2O2. The van der Waals surface area contributed by atoms with Gasteiger partial charge >= 0.3 is 5.97 Å². The first-order valence-corrected chi connectivity index (χ1v) is 8.14. The van der Waals surface area contributed by atoms with Gasteiger partial charge in [-0.15, -0.1) is 0 Å². The van der Waals surface area contributed by atoms with Gasteiger partial charge in [-0.1, -0.05) is 26.7 Å². The predicted molar refractivity (Wildman–Crippen MR) is 82.8 cm³/mol. The second kappa shape index (κ2) is 8.63. The zero-order chi connectivity index (χ0) is 15.0. The summed E-state index contributed by atoms with van der Waals surface area (Å²) in [5, 5.41) is 3.30. The number of carbonyl (C=O) groups excluding carboxylic acids is 1. The molecule has 118 valence electrons. The van der Waals surface area contributed by atoms with Gasteiger partial charge in [0.1, 0.15) is 5.54 Å². The van der Waals surface area contributed by atoms with E-state index in [-0.39, 0.29) is 5.97 Å². The molecule has 1 N–H and O–H groups in total. The zero-order valence-corrected chi connectivity index (χ0v) is 13.7. The van der Waals surface area contributed by atoms with E-state index in [9.17, 15) is 4.79 Å². The van der Waals surface area contributed by atoms with E-state index in [1.165, 1.54) is 45.8 Å². The van der Waals surface area contributed by atoms with Gasteiger partial charge < -0.3 is 15.0 Å². The third kappa shape index (κ3) is 4.74. The van der Waals surface area contributed by atoms with Crippen molar-refractivity contribution < 1.29 is 9.53 Å². The van der Waals surface area contributed by atoms with E-state index in [0.717, 1.165) is 19.5 Å². The average Bonchev–Trinajstić information content (AvgIpc) is 2.69. The Labute approximate surface area is 124 Å². The number of nitrogens with zero attached hydrogens (tertiary/aromatic N) is 1. The monoisotopic (exact) mass is 284 g/mol. The molecule has 2 unspecified atom stereocenters. The van der Waals surface area contributed by atoms with Crippen LogP contribution in [0.5, 0.6) is 0 Å². The molecule has 0 aromatic carbocycles. The van der Waals surface area contributed by atoms with Crippen LogP contribution in [-0.4, -0.2) is 49.2 Å². The minimum absolute atomic E-state index is 0.151. The Bertz CT molecular complexity index is 296. The fourth-order valence-corrected chi connectivity index (χ4v) is 3.24. The highest BCUT2D eigenvalue weighted by molar-refractivity contribution is 5.80. The molecule has 1 rings (SSSR count). The van der Waals surface area contributed by atoms with E-state index in [1.807, 2.05) is 13.8 Å². The summed E-state index contributed by atoms with van der Waals surface area (Å²) in [4.78, 5) is 14.6. The van der Waals surface area contributed by atoms with Gasteiger partial charge in [-0.05, 0) is 45.7 Å². The van der Waals surface area contributed by atoms with Gasteiger partial charge in [0.15, 0.2) is 0 Å². The van der Waals surface area contributed by atoms with Crippen LogP contribution in [0.2, 0.25) is 0 Å². The lowest BCUT2D eigenvalue weighted by atomic mass is 9.96. The van der Waals surface area contributed by atoms with E-state index < -0.39 is 5.54 Å². The number of carbonyl (C=O) groups is 1. The van der Waals surface area contributed by atoms with E-state index in [4.69, 9.17) is 4.74 Å². The molecule has 4 nitrogen and oxygen atoms in total. The maximum Gasteiger partial charge on any atom is 0.325 e. The van der Waals surface area contributed by atoms with Crippen LogP contribution < -0.4 is 5.32 Å². The molecule has 1 saturated heterocycles. The van der Waals surface area contributed by atoms with Gasteiger partial charge in [0.2, 0.25) is 0 Å². The number of nitrogens with one attached hydrogen (secondary N) is 1. The maximum atomic E-state index is 12.0. The van der Waals surface area contributed by atoms with Crippen LogP contribution in [0.25, 0.3) is 0 Å². The van der Waals surface area contributed by atoms with Crippen LogP contribution in [0.15, 0.2) is 0 Å². The van der Waals surface area contributed by atoms with Crippen molar-refractivity contribution in [2.45, 2.75) is 70.9 Å². The highest BCUT2D eigenvalue weighted by Gasteiger charge is 2.34. The Balaban J connectivity index is 2.62. The zero-order valence-electron chi connectivity index (χ0n) is 13.7. The lowest BCUT2D eigenvalue weighted by Crippen LogP contribution is -2.52. The number of hydrogen-bond donors (Lipinski definition) is 1. The Morgan fingerprint density at radius 1 is 1.35 bits per heavy atom. The van der Waals surface area contributed by atoms with Crippen LogP contribution >= 0.6 is 0 Å². The van der Waals surface area contributed by atoms with Crippen molar-refractivity contribution in [2.24, 2.45) is 0 Å². The van der Waals surface area contributed by atoms with Gasteiger partial charge in [0, 0.05) is 12.6 Å². The number of rotatable bonds is 7. The molecule has 1 aliphatic heterocycles. The van der Waals surface area contributed by atoms with Crippen LogP contribution in [0.3, 0.4) is 0 Å². The van der Waals surface area contributed by atoms with Crippen molar-refractivity contribution in [3.8, 4) is 0 Å². The first-order valence-electron chi connectivity index (χ1n) is 8.14. The molecule has 0 radical (unpaired) electrons. The van der Waals surface area contributed by atoms with Crippen LogP contribution in [0.1, 0.15) is 59.3 Å². The van der Waals surface area contributed by atoms with Crippen molar-refractivity contribution in [3.05, 3.63) is 0 Å². The number of likely N-dealkylation sites (N-methyl/N-ethyl adjacent to an activating group) is 1. The van der Waals surface area contributed by atoms with Crippen molar-refractivity contribution in [3.63, 3.8) is 0 Å². The van der Waals surface area contributed by atoms with E-state index in [0.29, 0.717) is 6.04 Å². The summed E-state index contributed by atoms with van der Waals surface area (Å²) in [6.45, 7) is 9.18. The molecular weight excluding hydrogens is 252 g/mol. The lowest BCUT2D eigenvalue weighted by molar-refractivity contribution is -0.148. The molecule has 20 heavy (non-hydrogen) atoms. The SMILES string of the molecule is CCNC(C)(CCN1CCCCCC1CC)C(=O)OC. The van der Waals surface area contributed by atoms with Gasteiger partial charge in [-0.2, -0.15) is 0 Å². The van der Waals surface area contributed by atoms with Crippen molar-refractivity contribution in [1.82, 2.24) is 10.2 Å². The quantitative estimate of drug-likeness (QED) is 0.730. The summed E-state index contributed by atoms with van der Waals surface area (Å²) in [6, 6.07) is 0.682. The molecule has 1 aliphatic rings. The molecule has 0 aromatic rings. The smallest absolute Gasteiger partial charge is 0.325 e. The largest absolute Gasteiger partial charge is 0.468 e. The third-order valence-corrected chi connectivity index (χ3v) is 4.57. The summed E-state index contributed by atoms with van der Waals surface area (Å²) in [5.41, 5.74) is -0.561. The van der Waals surface area contributed by atoms with Crippen LogP contribution in [-0.2, 0) is 9.53 Å². The first kappa shape index (κ1) is 17.4. The second-order valence-electron chi connectivity index (χ2n) is 6.05. The standard InChI is InChI=1S/C16H32N2O2/c1-5-14-10-8-7-9-12-18(14)13-11-16(3,17-6-2)15(19)20-4/h14,17H,5-13H2,1-4H3. The Hall–Kier alpha value is -0.610. The van der Waals surface area contributed by atoms with Gasteiger partial charge in [0.25, 0.3) is 0 Å². The molecule has 0 amide bonds. The number of methoxy groups -OCH3 is 1. The van der Waals surface area contributed by atoms with Gasteiger partial charge in [-0.25, -0.2) is 0 Å². The number of ether oxygens (including phenoxy) is 1. The Morgan fingerprint density at radius 2 is 2.10 bits per heavy atom. The topological polar surface area (TPSA) is 41.6 Å². The molecule has 0 aromatic heterocycles. The molecule has 0 bridgehead atoms. The fourth-order valence-electron chi connectivity index (χ4n) is 3.24. The van der Waals surface area contributed by atoms with Gasteiger partial charge in [0.05, 0.1) is 7.11 Å². The third-order valence-electron chi connectivity index (χ3n) is 4.57. The summed E-state index contributed by atoms with van der Waals surface area (Å²) >= 11 is 0. The highest BCUT2D eigenvalue weighted by Crippen LogP contribution is 2.21. The summed E-state index contributed by atoms with van der Waals surface area (Å²) in [7, 11) is 1.47. The lowest BCUT2D eigenvalue weighted by Gasteiger charge is -2.34. The molecule has 2 atom stereocenters. The summed E-state index contributed by atoms with van der Waals surface area (Å²) in [5.74, 6) is -0.151. The number of esters is 1. The number of likely N-dealkylation sites (tertiary alicyclic amines) is 1. The normalized spacial score (nSPS) is 23.9. The van der Waals surface area contributed by atoms with Gasteiger partial charge in [-0.3, -0.25) is 4.79 Å². The molecule has 0 saturated carbocycles. The molecule has 4 heteroatoms. The van der Waals surface area contributed by atoms with E-state index in [1.54, 1.807) is 0 Å². The Morgan fingerprint density at radius 3 is 2.70 bits per heavy atom. The fraction of sp³-hybridized carbons (Fsp3) is 0.938. The van der Waals surface area contributed by atoms with Crippen molar-refractivity contribution in [1.29, 1.82) is 0 Å². The van der Waals surface area contributed by atoms with Crippen LogP contribution in [0.4, 0.5) is 0 Å². The highest BCUT2D eigenvalue weighted by atomic mass is 16.5. The van der Waals surface area contributed by atoms with Crippen LogP contribution in [0, 0.1) is 0 Å². The molecule has 1 fully saturated rings. The van der Waals surface area contributed by atoms with E-state index in [2.05, 4.69) is 17.1 Å². The Kier molecular flexibility index (Phi) is 7.52. The average molecular weight is 284 g/mol. The molecule has 0 aliphatic carbocycles. The summed E-state index contributed by atoms with van der Waals surface area (Å²) in [6.07, 6.45) is 7.28.